The molecular weight excluding hydrogens is 392 g/mol. The van der Waals surface area contributed by atoms with Crippen molar-refractivity contribution in [3.63, 3.8) is 0 Å². The second-order valence-electron chi connectivity index (χ2n) is 6.28. The minimum Gasteiger partial charge on any atom is -0.478 e. The van der Waals surface area contributed by atoms with Gasteiger partial charge in [-0.3, -0.25) is 0 Å². The number of anilines is 1. The zero-order valence-corrected chi connectivity index (χ0v) is 16.2. The fraction of sp³-hybridized carbons (Fsp3) is 0.0476. The molecule has 0 saturated carbocycles. The number of benzene rings is 3. The van der Waals surface area contributed by atoms with Gasteiger partial charge < -0.3 is 10.4 Å². The number of carboxylic acids is 1. The molecule has 0 spiro atoms. The van der Waals surface area contributed by atoms with Crippen LogP contribution in [0.1, 0.15) is 15.9 Å². The van der Waals surface area contributed by atoms with Gasteiger partial charge in [-0.1, -0.05) is 48.5 Å². The minimum absolute atomic E-state index is 0.0180. The number of aromatic carboxylic acids is 1. The fourth-order valence-corrected chi connectivity index (χ4v) is 3.87. The molecule has 0 aliphatic carbocycles. The summed E-state index contributed by atoms with van der Waals surface area (Å²) < 4.78 is 26.8. The van der Waals surface area contributed by atoms with Crippen molar-refractivity contribution in [1.29, 1.82) is 0 Å². The Labute approximate surface area is 168 Å². The molecule has 0 aromatic heterocycles. The maximum Gasteiger partial charge on any atom is 0.336 e. The zero-order chi connectivity index (χ0) is 21.0. The summed E-state index contributed by atoms with van der Waals surface area (Å²) in [7, 11) is -4.08. The fourth-order valence-electron chi connectivity index (χ4n) is 2.86. The van der Waals surface area contributed by atoms with Crippen molar-refractivity contribution < 1.29 is 23.1 Å². The second-order valence-corrected chi connectivity index (χ2v) is 7.96. The average Bonchev–Trinajstić information content (AvgIpc) is 2.68. The van der Waals surface area contributed by atoms with Crippen molar-refractivity contribution in [3.8, 4) is 11.1 Å². The Bertz CT molecular complexity index is 1170. The molecule has 3 aromatic carbocycles. The number of amides is 2. The summed E-state index contributed by atoms with van der Waals surface area (Å²) in [6.07, 6.45) is 0. The number of hydrogen-bond donors (Lipinski definition) is 3. The van der Waals surface area contributed by atoms with E-state index >= 15 is 0 Å². The molecule has 8 heteroatoms. The molecule has 0 aliphatic rings. The van der Waals surface area contributed by atoms with E-state index in [9.17, 15) is 23.1 Å². The van der Waals surface area contributed by atoms with Crippen LogP contribution in [-0.4, -0.2) is 25.5 Å². The highest BCUT2D eigenvalue weighted by atomic mass is 32.2. The van der Waals surface area contributed by atoms with Crippen LogP contribution >= 0.6 is 0 Å². The van der Waals surface area contributed by atoms with Gasteiger partial charge in [0.1, 0.15) is 0 Å². The summed E-state index contributed by atoms with van der Waals surface area (Å²) in [5.74, 6) is -1.17. The van der Waals surface area contributed by atoms with E-state index in [4.69, 9.17) is 0 Å². The van der Waals surface area contributed by atoms with Gasteiger partial charge in [-0.05, 0) is 42.3 Å². The monoisotopic (exact) mass is 410 g/mol. The van der Waals surface area contributed by atoms with Crippen LogP contribution < -0.4 is 10.0 Å². The molecule has 148 valence electrons. The first kappa shape index (κ1) is 20.1. The van der Waals surface area contributed by atoms with Crippen LogP contribution in [0.3, 0.4) is 0 Å². The van der Waals surface area contributed by atoms with Crippen LogP contribution in [0.4, 0.5) is 10.5 Å². The van der Waals surface area contributed by atoms with Crippen LogP contribution in [0.2, 0.25) is 0 Å². The number of carbonyl (C=O) groups is 2. The summed E-state index contributed by atoms with van der Waals surface area (Å²) in [6.45, 7) is 1.74. The Balaban J connectivity index is 1.93. The highest BCUT2D eigenvalue weighted by molar-refractivity contribution is 7.90. The number of sulfonamides is 1. The number of carbonyl (C=O) groups excluding carboxylic acids is 1. The normalized spacial score (nSPS) is 10.9. The molecule has 2 amide bonds. The van der Waals surface area contributed by atoms with E-state index in [1.54, 1.807) is 49.4 Å². The molecular formula is C21H18N2O5S. The highest BCUT2D eigenvalue weighted by Crippen LogP contribution is 2.31. The van der Waals surface area contributed by atoms with Crippen molar-refractivity contribution >= 4 is 27.7 Å². The molecule has 29 heavy (non-hydrogen) atoms. The standard InChI is InChI=1S/C21H18N2O5S/c1-14-7-5-10-16(13-14)29(27,28)23-21(26)22-18-12-6-11-17(20(24)25)19(18)15-8-3-2-4-9-15/h2-13H,1H3,(H,24,25)(H2,22,23,26). The Hall–Kier alpha value is -3.65. The Morgan fingerprint density at radius 1 is 0.897 bits per heavy atom. The summed E-state index contributed by atoms with van der Waals surface area (Å²) >= 11 is 0. The van der Waals surface area contributed by atoms with Crippen molar-refractivity contribution in [2.75, 3.05) is 5.32 Å². The SMILES string of the molecule is Cc1cccc(S(=O)(=O)NC(=O)Nc2cccc(C(=O)O)c2-c2ccccc2)c1. The quantitative estimate of drug-likeness (QED) is 0.591. The van der Waals surface area contributed by atoms with Crippen molar-refractivity contribution in [2.24, 2.45) is 0 Å². The molecule has 0 fully saturated rings. The topological polar surface area (TPSA) is 113 Å². The van der Waals surface area contributed by atoms with Gasteiger partial charge in [-0.2, -0.15) is 0 Å². The third-order valence-corrected chi connectivity index (χ3v) is 5.46. The molecule has 0 heterocycles. The first-order valence-electron chi connectivity index (χ1n) is 8.60. The molecule has 3 N–H and O–H groups in total. The molecule has 0 unspecified atom stereocenters. The van der Waals surface area contributed by atoms with Crippen molar-refractivity contribution in [3.05, 3.63) is 83.9 Å². The van der Waals surface area contributed by atoms with Crippen LogP contribution in [0.25, 0.3) is 11.1 Å². The largest absolute Gasteiger partial charge is 0.478 e. The predicted octanol–water partition coefficient (Wildman–Crippen LogP) is 3.87. The molecule has 0 radical (unpaired) electrons. The van der Waals surface area contributed by atoms with Gasteiger partial charge in [0.2, 0.25) is 0 Å². The van der Waals surface area contributed by atoms with E-state index in [-0.39, 0.29) is 21.7 Å². The number of hydrogen-bond acceptors (Lipinski definition) is 4. The Morgan fingerprint density at radius 3 is 2.24 bits per heavy atom. The van der Waals surface area contributed by atoms with E-state index in [2.05, 4.69) is 5.32 Å². The van der Waals surface area contributed by atoms with Gasteiger partial charge in [0.25, 0.3) is 10.0 Å². The maximum atomic E-state index is 12.4. The Morgan fingerprint density at radius 2 is 1.59 bits per heavy atom. The predicted molar refractivity (Wildman–Crippen MR) is 109 cm³/mol. The smallest absolute Gasteiger partial charge is 0.336 e. The molecule has 0 saturated heterocycles. The molecule has 0 atom stereocenters. The van der Waals surface area contributed by atoms with Crippen molar-refractivity contribution in [2.45, 2.75) is 11.8 Å². The van der Waals surface area contributed by atoms with Gasteiger partial charge in [-0.15, -0.1) is 0 Å². The van der Waals surface area contributed by atoms with E-state index in [1.807, 2.05) is 4.72 Å². The number of nitrogens with one attached hydrogen (secondary N) is 2. The van der Waals surface area contributed by atoms with E-state index in [1.165, 1.54) is 30.3 Å². The van der Waals surface area contributed by atoms with Gasteiger partial charge in [-0.25, -0.2) is 22.7 Å². The number of aryl methyl sites for hydroxylation is 1. The second kappa shape index (κ2) is 8.15. The van der Waals surface area contributed by atoms with Gasteiger partial charge >= 0.3 is 12.0 Å². The number of rotatable bonds is 5. The first-order chi connectivity index (χ1) is 13.8. The van der Waals surface area contributed by atoms with Gasteiger partial charge in [0, 0.05) is 5.56 Å². The van der Waals surface area contributed by atoms with Gasteiger partial charge in [0.05, 0.1) is 16.1 Å². The van der Waals surface area contributed by atoms with Gasteiger partial charge in [0.15, 0.2) is 0 Å². The lowest BCUT2D eigenvalue weighted by Crippen LogP contribution is -2.34. The Kier molecular flexibility index (Phi) is 5.65. The van der Waals surface area contributed by atoms with E-state index < -0.39 is 22.0 Å². The minimum atomic E-state index is -4.08. The summed E-state index contributed by atoms with van der Waals surface area (Å²) in [5, 5.41) is 12.0. The number of carboxylic acid groups (broad SMARTS) is 1. The summed E-state index contributed by atoms with van der Waals surface area (Å²) in [4.78, 5) is 24.0. The summed E-state index contributed by atoms with van der Waals surface area (Å²) in [6, 6.07) is 18.2. The lowest BCUT2D eigenvalue weighted by molar-refractivity contribution is 0.0697. The maximum absolute atomic E-state index is 12.4. The van der Waals surface area contributed by atoms with Crippen LogP contribution in [0.5, 0.6) is 0 Å². The zero-order valence-electron chi connectivity index (χ0n) is 15.4. The third-order valence-electron chi connectivity index (χ3n) is 4.13. The molecule has 3 rings (SSSR count). The first-order valence-corrected chi connectivity index (χ1v) is 10.1. The molecule has 7 nitrogen and oxygen atoms in total. The lowest BCUT2D eigenvalue weighted by atomic mass is 9.97. The van der Waals surface area contributed by atoms with E-state index in [0.29, 0.717) is 5.56 Å². The lowest BCUT2D eigenvalue weighted by Gasteiger charge is -2.15. The van der Waals surface area contributed by atoms with Crippen molar-refractivity contribution in [1.82, 2.24) is 4.72 Å². The third kappa shape index (κ3) is 4.61. The van der Waals surface area contributed by atoms with Crippen LogP contribution in [-0.2, 0) is 10.0 Å². The number of urea groups is 1. The average molecular weight is 410 g/mol. The molecule has 3 aromatic rings. The molecule has 0 bridgehead atoms. The molecule has 0 aliphatic heterocycles. The summed E-state index contributed by atoms with van der Waals surface area (Å²) in [5.41, 5.74) is 1.74. The van der Waals surface area contributed by atoms with Crippen LogP contribution in [0, 0.1) is 6.92 Å². The van der Waals surface area contributed by atoms with Crippen LogP contribution in [0.15, 0.2) is 77.7 Å². The highest BCUT2D eigenvalue weighted by Gasteiger charge is 2.21. The van der Waals surface area contributed by atoms with E-state index in [0.717, 1.165) is 5.56 Å².